The van der Waals surface area contributed by atoms with E-state index in [1.54, 1.807) is 7.11 Å². The molecule has 0 unspecified atom stereocenters. The van der Waals surface area contributed by atoms with Gasteiger partial charge in [-0.1, -0.05) is 27.7 Å². The molecule has 0 spiro atoms. The Morgan fingerprint density at radius 1 is 1.48 bits per heavy atom. The molecule has 1 aromatic heterocycles. The number of nitrogens with zero attached hydrogens (tertiary/aromatic N) is 3. The first kappa shape index (κ1) is 15.8. The molecule has 1 heterocycles. The molecule has 0 aliphatic heterocycles. The van der Waals surface area contributed by atoms with Crippen molar-refractivity contribution in [3.05, 3.63) is 22.7 Å². The van der Waals surface area contributed by atoms with E-state index in [2.05, 4.69) is 26.1 Å². The Bertz CT molecular complexity index is 660. The van der Waals surface area contributed by atoms with Crippen molar-refractivity contribution in [3.8, 4) is 17.1 Å². The molecule has 0 fully saturated rings. The Labute approximate surface area is 134 Å². The summed E-state index contributed by atoms with van der Waals surface area (Å²) in [7, 11) is 1.60. The highest BCUT2D eigenvalue weighted by Gasteiger charge is 2.16. The molecule has 8 heteroatoms. The van der Waals surface area contributed by atoms with E-state index < -0.39 is 5.97 Å². The lowest BCUT2D eigenvalue weighted by atomic mass is 10.2. The van der Waals surface area contributed by atoms with Crippen molar-refractivity contribution in [2.24, 2.45) is 0 Å². The van der Waals surface area contributed by atoms with Crippen molar-refractivity contribution in [2.45, 2.75) is 18.6 Å². The molecule has 0 saturated heterocycles. The summed E-state index contributed by atoms with van der Waals surface area (Å²) in [4.78, 5) is 10.7. The number of thioether (sulfide) groups is 1. The van der Waals surface area contributed by atoms with Crippen molar-refractivity contribution < 1.29 is 14.6 Å². The molecular weight excluding hydrogens is 358 g/mol. The molecule has 0 aliphatic rings. The summed E-state index contributed by atoms with van der Waals surface area (Å²) < 4.78 is 7.99. The van der Waals surface area contributed by atoms with Gasteiger partial charge in [0.2, 0.25) is 0 Å². The van der Waals surface area contributed by atoms with E-state index in [1.807, 2.05) is 29.7 Å². The summed E-state index contributed by atoms with van der Waals surface area (Å²) in [6.07, 6.45) is 0. The fourth-order valence-electron chi connectivity index (χ4n) is 1.81. The number of aliphatic carboxylic acids is 1. The minimum Gasteiger partial charge on any atom is -0.497 e. The van der Waals surface area contributed by atoms with Crippen LogP contribution in [0.5, 0.6) is 5.75 Å². The van der Waals surface area contributed by atoms with Crippen LogP contribution >= 0.6 is 27.7 Å². The molecule has 0 aliphatic carbocycles. The van der Waals surface area contributed by atoms with Gasteiger partial charge >= 0.3 is 5.97 Å². The van der Waals surface area contributed by atoms with E-state index in [1.165, 1.54) is 0 Å². The van der Waals surface area contributed by atoms with Crippen LogP contribution in [0.3, 0.4) is 0 Å². The lowest BCUT2D eigenvalue weighted by molar-refractivity contribution is -0.133. The first-order chi connectivity index (χ1) is 10.1. The third kappa shape index (κ3) is 3.56. The van der Waals surface area contributed by atoms with Gasteiger partial charge < -0.3 is 14.4 Å². The van der Waals surface area contributed by atoms with Gasteiger partial charge in [-0.3, -0.25) is 4.79 Å². The summed E-state index contributed by atoms with van der Waals surface area (Å²) in [6.45, 7) is 2.61. The zero-order chi connectivity index (χ0) is 15.4. The Balaban J connectivity index is 2.42. The van der Waals surface area contributed by atoms with E-state index in [0.717, 1.165) is 27.5 Å². The maximum absolute atomic E-state index is 10.7. The Kier molecular flexibility index (Phi) is 5.24. The fraction of sp³-hybridized carbons (Fsp3) is 0.308. The van der Waals surface area contributed by atoms with Gasteiger partial charge in [0.25, 0.3) is 0 Å². The van der Waals surface area contributed by atoms with Crippen LogP contribution in [-0.2, 0) is 11.3 Å². The monoisotopic (exact) mass is 371 g/mol. The number of carbonyl (C=O) groups is 1. The molecule has 0 saturated carbocycles. The molecule has 1 aromatic carbocycles. The van der Waals surface area contributed by atoms with Crippen LogP contribution in [0.4, 0.5) is 0 Å². The molecule has 112 valence electrons. The largest absolute Gasteiger partial charge is 0.497 e. The number of methoxy groups -OCH3 is 1. The summed E-state index contributed by atoms with van der Waals surface area (Å²) in [5.41, 5.74) is 0.853. The highest BCUT2D eigenvalue weighted by molar-refractivity contribution is 9.10. The van der Waals surface area contributed by atoms with Gasteiger partial charge in [-0.2, -0.15) is 0 Å². The average molecular weight is 372 g/mol. The van der Waals surface area contributed by atoms with Crippen LogP contribution in [0.25, 0.3) is 11.4 Å². The van der Waals surface area contributed by atoms with Crippen molar-refractivity contribution in [1.82, 2.24) is 14.8 Å². The van der Waals surface area contributed by atoms with Crippen LogP contribution in [0.15, 0.2) is 27.8 Å². The third-order valence-corrected chi connectivity index (χ3v) is 4.42. The number of carboxylic acids is 1. The van der Waals surface area contributed by atoms with Crippen molar-refractivity contribution in [1.29, 1.82) is 0 Å². The number of ether oxygens (including phenoxy) is 1. The lowest BCUT2D eigenvalue weighted by Gasteiger charge is -2.09. The molecule has 0 bridgehead atoms. The normalized spacial score (nSPS) is 10.6. The second-order valence-corrected chi connectivity index (χ2v) is 5.88. The van der Waals surface area contributed by atoms with Crippen molar-refractivity contribution in [2.75, 3.05) is 12.9 Å². The SMILES string of the molecule is CCn1c(SCC(=O)O)nnc1-c1cc(OC)ccc1Br. The van der Waals surface area contributed by atoms with Crippen LogP contribution in [0, 0.1) is 0 Å². The number of hydrogen-bond donors (Lipinski definition) is 1. The Morgan fingerprint density at radius 2 is 2.24 bits per heavy atom. The number of benzene rings is 1. The Hall–Kier alpha value is -1.54. The highest BCUT2D eigenvalue weighted by atomic mass is 79.9. The maximum atomic E-state index is 10.7. The van der Waals surface area contributed by atoms with Crippen LogP contribution in [0.2, 0.25) is 0 Å². The highest BCUT2D eigenvalue weighted by Crippen LogP contribution is 2.32. The number of carboxylic acid groups (broad SMARTS) is 1. The minimum absolute atomic E-state index is 0.0442. The molecule has 1 N–H and O–H groups in total. The van der Waals surface area contributed by atoms with Crippen molar-refractivity contribution >= 4 is 33.7 Å². The van der Waals surface area contributed by atoms with Gasteiger partial charge in [0.05, 0.1) is 12.9 Å². The van der Waals surface area contributed by atoms with E-state index in [0.29, 0.717) is 17.5 Å². The van der Waals surface area contributed by atoms with E-state index in [9.17, 15) is 4.79 Å². The standard InChI is InChI=1S/C13H14BrN3O3S/c1-3-17-12(15-16-13(17)21-7-11(18)19)9-6-8(20-2)4-5-10(9)14/h4-6H,3,7H2,1-2H3,(H,18,19). The number of rotatable bonds is 6. The van der Waals surface area contributed by atoms with Crippen LogP contribution in [-0.4, -0.2) is 38.7 Å². The van der Waals surface area contributed by atoms with Crippen LogP contribution in [0.1, 0.15) is 6.92 Å². The molecule has 21 heavy (non-hydrogen) atoms. The number of hydrogen-bond acceptors (Lipinski definition) is 5. The van der Waals surface area contributed by atoms with Gasteiger partial charge in [0.1, 0.15) is 5.75 Å². The lowest BCUT2D eigenvalue weighted by Crippen LogP contribution is -2.03. The molecule has 2 aromatic rings. The molecule has 2 rings (SSSR count). The van der Waals surface area contributed by atoms with Crippen molar-refractivity contribution in [3.63, 3.8) is 0 Å². The summed E-state index contributed by atoms with van der Waals surface area (Å²) in [5, 5.41) is 17.6. The smallest absolute Gasteiger partial charge is 0.313 e. The van der Waals surface area contributed by atoms with Gasteiger partial charge in [-0.05, 0) is 25.1 Å². The predicted molar refractivity (Wildman–Crippen MR) is 83.7 cm³/mol. The summed E-state index contributed by atoms with van der Waals surface area (Å²) >= 11 is 4.65. The summed E-state index contributed by atoms with van der Waals surface area (Å²) in [5.74, 6) is 0.474. The van der Waals surface area contributed by atoms with Gasteiger partial charge in [0, 0.05) is 16.6 Å². The second kappa shape index (κ2) is 6.95. The molecule has 0 atom stereocenters. The third-order valence-electron chi connectivity index (χ3n) is 2.77. The predicted octanol–water partition coefficient (Wildman–Crippen LogP) is 2.91. The fourth-order valence-corrected chi connectivity index (χ4v) is 2.96. The molecule has 0 radical (unpaired) electrons. The molecule has 0 amide bonds. The summed E-state index contributed by atoms with van der Waals surface area (Å²) in [6, 6.07) is 5.60. The van der Waals surface area contributed by atoms with Crippen LogP contribution < -0.4 is 4.74 Å². The van der Waals surface area contributed by atoms with E-state index in [-0.39, 0.29) is 5.75 Å². The Morgan fingerprint density at radius 3 is 2.86 bits per heavy atom. The molecule has 6 nitrogen and oxygen atoms in total. The van der Waals surface area contributed by atoms with Gasteiger partial charge in [-0.15, -0.1) is 10.2 Å². The topological polar surface area (TPSA) is 77.2 Å². The first-order valence-electron chi connectivity index (χ1n) is 6.18. The number of aromatic nitrogens is 3. The van der Waals surface area contributed by atoms with Gasteiger partial charge in [-0.25, -0.2) is 0 Å². The quantitative estimate of drug-likeness (QED) is 0.786. The zero-order valence-corrected chi connectivity index (χ0v) is 13.9. The molecular formula is C13H14BrN3O3S. The second-order valence-electron chi connectivity index (χ2n) is 4.08. The first-order valence-corrected chi connectivity index (χ1v) is 7.96. The number of halogens is 1. The average Bonchev–Trinajstić information content (AvgIpc) is 2.88. The van der Waals surface area contributed by atoms with E-state index >= 15 is 0 Å². The van der Waals surface area contributed by atoms with E-state index in [4.69, 9.17) is 9.84 Å². The zero-order valence-electron chi connectivity index (χ0n) is 11.5. The maximum Gasteiger partial charge on any atom is 0.313 e. The van der Waals surface area contributed by atoms with Gasteiger partial charge in [0.15, 0.2) is 11.0 Å². The minimum atomic E-state index is -0.880.